The number of nitrogens with two attached hydrogens (primary N) is 1. The van der Waals surface area contributed by atoms with Crippen LogP contribution in [0.4, 0.5) is 0 Å². The first-order chi connectivity index (χ1) is 8.75. The number of hydrogen-bond acceptors (Lipinski definition) is 2. The van der Waals surface area contributed by atoms with Crippen LogP contribution in [0.3, 0.4) is 0 Å². The minimum atomic E-state index is 0.153. The molecule has 2 nitrogen and oxygen atoms in total. The Morgan fingerprint density at radius 2 is 1.61 bits per heavy atom. The van der Waals surface area contributed by atoms with Gasteiger partial charge in [0.1, 0.15) is 0 Å². The molecule has 18 heavy (non-hydrogen) atoms. The normalized spacial score (nSPS) is 37.2. The summed E-state index contributed by atoms with van der Waals surface area (Å²) >= 11 is 0. The van der Waals surface area contributed by atoms with Crippen LogP contribution in [0.15, 0.2) is 0 Å². The van der Waals surface area contributed by atoms with Crippen LogP contribution in [-0.4, -0.2) is 30.1 Å². The lowest BCUT2D eigenvalue weighted by Crippen LogP contribution is -2.54. The SMILES string of the molecule is NC1(CN2CC[C@H]3CCCC[C@H]3C2)CCCCC1. The smallest absolute Gasteiger partial charge is 0.0283 e. The first-order valence-electron chi connectivity index (χ1n) is 8.26. The number of piperidine rings is 1. The molecular formula is C16H30N2. The summed E-state index contributed by atoms with van der Waals surface area (Å²) in [6.45, 7) is 3.85. The summed E-state index contributed by atoms with van der Waals surface area (Å²) in [5.74, 6) is 2.05. The maximum absolute atomic E-state index is 6.62. The van der Waals surface area contributed by atoms with E-state index < -0.39 is 0 Å². The lowest BCUT2D eigenvalue weighted by atomic mass is 9.74. The highest BCUT2D eigenvalue weighted by Gasteiger charge is 2.35. The number of rotatable bonds is 2. The first kappa shape index (κ1) is 12.9. The second kappa shape index (κ2) is 5.50. The highest BCUT2D eigenvalue weighted by Crippen LogP contribution is 2.37. The maximum Gasteiger partial charge on any atom is 0.0283 e. The number of fused-ring (bicyclic) bond motifs is 1. The van der Waals surface area contributed by atoms with Gasteiger partial charge in [0.15, 0.2) is 0 Å². The number of hydrogen-bond donors (Lipinski definition) is 1. The maximum atomic E-state index is 6.62. The van der Waals surface area contributed by atoms with Crippen molar-refractivity contribution >= 4 is 0 Å². The highest BCUT2D eigenvalue weighted by atomic mass is 15.2. The number of likely N-dealkylation sites (tertiary alicyclic amines) is 1. The van der Waals surface area contributed by atoms with Gasteiger partial charge in [-0.05, 0) is 44.1 Å². The van der Waals surface area contributed by atoms with Gasteiger partial charge in [-0.1, -0.05) is 38.5 Å². The van der Waals surface area contributed by atoms with Crippen molar-refractivity contribution < 1.29 is 0 Å². The Hall–Kier alpha value is -0.0800. The van der Waals surface area contributed by atoms with Crippen molar-refractivity contribution in [3.8, 4) is 0 Å². The second-order valence-corrected chi connectivity index (χ2v) is 7.25. The van der Waals surface area contributed by atoms with Crippen molar-refractivity contribution in [2.75, 3.05) is 19.6 Å². The highest BCUT2D eigenvalue weighted by molar-refractivity contribution is 4.93. The quantitative estimate of drug-likeness (QED) is 0.815. The Labute approximate surface area is 112 Å². The summed E-state index contributed by atoms with van der Waals surface area (Å²) in [5, 5.41) is 0. The second-order valence-electron chi connectivity index (χ2n) is 7.25. The van der Waals surface area contributed by atoms with E-state index in [9.17, 15) is 0 Å². The fraction of sp³-hybridized carbons (Fsp3) is 1.00. The first-order valence-corrected chi connectivity index (χ1v) is 8.26. The molecule has 0 bridgehead atoms. The monoisotopic (exact) mass is 250 g/mol. The van der Waals surface area contributed by atoms with Crippen LogP contribution >= 0.6 is 0 Å². The fourth-order valence-electron chi connectivity index (χ4n) is 4.68. The molecule has 0 aromatic carbocycles. The molecule has 0 radical (unpaired) electrons. The molecule has 1 heterocycles. The molecule has 0 aromatic heterocycles. The zero-order chi connectivity index (χ0) is 12.4. The molecular weight excluding hydrogens is 220 g/mol. The van der Waals surface area contributed by atoms with Gasteiger partial charge in [-0.2, -0.15) is 0 Å². The van der Waals surface area contributed by atoms with E-state index in [0.717, 1.165) is 11.8 Å². The largest absolute Gasteiger partial charge is 0.324 e. The zero-order valence-electron chi connectivity index (χ0n) is 11.9. The van der Waals surface area contributed by atoms with Gasteiger partial charge in [0.2, 0.25) is 0 Å². The van der Waals surface area contributed by atoms with Crippen LogP contribution in [0.25, 0.3) is 0 Å². The lowest BCUT2D eigenvalue weighted by molar-refractivity contribution is 0.0631. The lowest BCUT2D eigenvalue weighted by Gasteiger charge is -2.45. The molecule has 3 aliphatic rings. The van der Waals surface area contributed by atoms with E-state index in [4.69, 9.17) is 5.73 Å². The minimum absolute atomic E-state index is 0.153. The van der Waals surface area contributed by atoms with Crippen molar-refractivity contribution in [2.24, 2.45) is 17.6 Å². The molecule has 1 aliphatic heterocycles. The summed E-state index contributed by atoms with van der Waals surface area (Å²) in [6.07, 6.45) is 14.0. The molecule has 2 N–H and O–H groups in total. The summed E-state index contributed by atoms with van der Waals surface area (Å²) in [5.41, 5.74) is 6.77. The van der Waals surface area contributed by atoms with Gasteiger partial charge in [-0.25, -0.2) is 0 Å². The van der Waals surface area contributed by atoms with Gasteiger partial charge < -0.3 is 10.6 Å². The summed E-state index contributed by atoms with van der Waals surface area (Å²) in [4.78, 5) is 2.71. The molecule has 2 atom stereocenters. The van der Waals surface area contributed by atoms with Crippen LogP contribution in [0.5, 0.6) is 0 Å². The van der Waals surface area contributed by atoms with E-state index in [1.165, 1.54) is 83.8 Å². The predicted molar refractivity (Wildman–Crippen MR) is 76.5 cm³/mol. The third kappa shape index (κ3) is 2.91. The summed E-state index contributed by atoms with van der Waals surface area (Å²) < 4.78 is 0. The van der Waals surface area contributed by atoms with Gasteiger partial charge in [-0.3, -0.25) is 0 Å². The molecule has 2 saturated carbocycles. The van der Waals surface area contributed by atoms with Crippen LogP contribution in [0, 0.1) is 11.8 Å². The molecule has 104 valence electrons. The molecule has 3 fully saturated rings. The third-order valence-electron chi connectivity index (χ3n) is 5.76. The van der Waals surface area contributed by atoms with Crippen molar-refractivity contribution in [1.82, 2.24) is 4.90 Å². The average molecular weight is 250 g/mol. The van der Waals surface area contributed by atoms with E-state index in [1.807, 2.05) is 0 Å². The Morgan fingerprint density at radius 1 is 0.889 bits per heavy atom. The fourth-order valence-corrected chi connectivity index (χ4v) is 4.68. The molecule has 0 amide bonds. The topological polar surface area (TPSA) is 29.3 Å². The number of nitrogens with zero attached hydrogens (tertiary/aromatic N) is 1. The van der Waals surface area contributed by atoms with Gasteiger partial charge in [-0.15, -0.1) is 0 Å². The Kier molecular flexibility index (Phi) is 3.95. The Bertz CT molecular complexity index is 270. The predicted octanol–water partition coefficient (Wildman–Crippen LogP) is 3.16. The molecule has 3 rings (SSSR count). The van der Waals surface area contributed by atoms with E-state index in [-0.39, 0.29) is 5.54 Å². The van der Waals surface area contributed by atoms with Crippen molar-refractivity contribution in [3.63, 3.8) is 0 Å². The van der Waals surface area contributed by atoms with Gasteiger partial charge in [0.05, 0.1) is 0 Å². The van der Waals surface area contributed by atoms with Gasteiger partial charge in [0, 0.05) is 18.6 Å². The summed E-state index contributed by atoms with van der Waals surface area (Å²) in [6, 6.07) is 0. The zero-order valence-corrected chi connectivity index (χ0v) is 11.9. The Morgan fingerprint density at radius 3 is 2.39 bits per heavy atom. The van der Waals surface area contributed by atoms with Crippen LogP contribution < -0.4 is 5.73 Å². The standard InChI is InChI=1S/C16H30N2/c17-16(9-4-1-5-10-16)13-18-11-8-14-6-2-3-7-15(14)12-18/h14-15H,1-13,17H2/t14-,15+/m1/s1. The van der Waals surface area contributed by atoms with Crippen molar-refractivity contribution in [2.45, 2.75) is 69.7 Å². The molecule has 2 heteroatoms. The van der Waals surface area contributed by atoms with Crippen molar-refractivity contribution in [3.05, 3.63) is 0 Å². The average Bonchev–Trinajstić information content (AvgIpc) is 2.39. The van der Waals surface area contributed by atoms with Crippen LogP contribution in [0.1, 0.15) is 64.2 Å². The van der Waals surface area contributed by atoms with E-state index >= 15 is 0 Å². The Balaban J connectivity index is 1.54. The van der Waals surface area contributed by atoms with E-state index in [0.29, 0.717) is 0 Å². The molecule has 2 aliphatic carbocycles. The van der Waals surface area contributed by atoms with Crippen LogP contribution in [0.2, 0.25) is 0 Å². The minimum Gasteiger partial charge on any atom is -0.324 e. The third-order valence-corrected chi connectivity index (χ3v) is 5.76. The molecule has 1 saturated heterocycles. The van der Waals surface area contributed by atoms with E-state index in [2.05, 4.69) is 4.90 Å². The van der Waals surface area contributed by atoms with Crippen molar-refractivity contribution in [1.29, 1.82) is 0 Å². The van der Waals surface area contributed by atoms with E-state index in [1.54, 1.807) is 0 Å². The molecule has 0 spiro atoms. The molecule has 0 aromatic rings. The van der Waals surface area contributed by atoms with Gasteiger partial charge in [0.25, 0.3) is 0 Å². The van der Waals surface area contributed by atoms with Gasteiger partial charge >= 0.3 is 0 Å². The summed E-state index contributed by atoms with van der Waals surface area (Å²) in [7, 11) is 0. The molecule has 0 unspecified atom stereocenters. The van der Waals surface area contributed by atoms with Crippen LogP contribution in [-0.2, 0) is 0 Å².